The first kappa shape index (κ1) is 13.4. The molecule has 0 aromatic heterocycles. The Kier molecular flexibility index (Phi) is 3.71. The third kappa shape index (κ3) is 2.96. The lowest BCUT2D eigenvalue weighted by Gasteiger charge is -2.13. The Morgan fingerprint density at radius 3 is 2.00 bits per heavy atom. The van der Waals surface area contributed by atoms with Gasteiger partial charge >= 0.3 is 0 Å². The van der Waals surface area contributed by atoms with Crippen molar-refractivity contribution in [2.75, 3.05) is 5.73 Å². The van der Waals surface area contributed by atoms with E-state index in [2.05, 4.69) is 12.1 Å². The molecule has 3 rings (SSSR count). The Labute approximate surface area is 124 Å². The average molecular weight is 275 g/mol. The van der Waals surface area contributed by atoms with Crippen LogP contribution < -0.4 is 5.73 Å². The van der Waals surface area contributed by atoms with Crippen molar-refractivity contribution in [1.29, 1.82) is 0 Å². The predicted octanol–water partition coefficient (Wildman–Crippen LogP) is 4.02. The van der Waals surface area contributed by atoms with E-state index < -0.39 is 6.10 Å². The second-order valence-corrected chi connectivity index (χ2v) is 5.06. The molecule has 0 aliphatic rings. The van der Waals surface area contributed by atoms with Gasteiger partial charge in [-0.05, 0) is 34.4 Å². The highest BCUT2D eigenvalue weighted by atomic mass is 16.3. The normalized spacial score (nSPS) is 12.0. The fraction of sp³-hybridized carbons (Fsp3) is 0.0526. The van der Waals surface area contributed by atoms with E-state index in [-0.39, 0.29) is 0 Å². The van der Waals surface area contributed by atoms with Gasteiger partial charge in [0.2, 0.25) is 0 Å². The minimum absolute atomic E-state index is 0.654. The van der Waals surface area contributed by atoms with Gasteiger partial charge in [-0.15, -0.1) is 0 Å². The van der Waals surface area contributed by atoms with Crippen molar-refractivity contribution < 1.29 is 5.11 Å². The first-order chi connectivity index (χ1) is 10.2. The lowest BCUT2D eigenvalue weighted by molar-refractivity contribution is 0.220. The second kappa shape index (κ2) is 5.81. The molecule has 21 heavy (non-hydrogen) atoms. The summed E-state index contributed by atoms with van der Waals surface area (Å²) in [4.78, 5) is 0. The molecule has 2 heteroatoms. The number of hydrogen-bond acceptors (Lipinski definition) is 2. The Morgan fingerprint density at radius 1 is 0.667 bits per heavy atom. The van der Waals surface area contributed by atoms with Crippen molar-refractivity contribution in [2.45, 2.75) is 6.10 Å². The van der Waals surface area contributed by atoms with E-state index in [1.807, 2.05) is 60.7 Å². The van der Waals surface area contributed by atoms with Crippen LogP contribution in [0.3, 0.4) is 0 Å². The summed E-state index contributed by atoms with van der Waals surface area (Å²) in [5, 5.41) is 10.4. The van der Waals surface area contributed by atoms with Crippen molar-refractivity contribution >= 4 is 5.69 Å². The molecule has 3 aromatic rings. The molecule has 0 spiro atoms. The molecule has 0 saturated carbocycles. The monoisotopic (exact) mass is 275 g/mol. The summed E-state index contributed by atoms with van der Waals surface area (Å²) in [5.41, 5.74) is 10.4. The number of hydrogen-bond donors (Lipinski definition) is 2. The number of aliphatic hydroxyl groups excluding tert-OH is 1. The molecule has 0 aliphatic heterocycles. The molecule has 3 N–H and O–H groups in total. The highest BCUT2D eigenvalue weighted by Gasteiger charge is 2.10. The molecule has 0 heterocycles. The summed E-state index contributed by atoms with van der Waals surface area (Å²) in [5.74, 6) is 0. The van der Waals surface area contributed by atoms with Crippen molar-refractivity contribution in [3.05, 3.63) is 90.0 Å². The van der Waals surface area contributed by atoms with Crippen LogP contribution in [0.1, 0.15) is 17.2 Å². The van der Waals surface area contributed by atoms with Crippen LogP contribution in [0.25, 0.3) is 11.1 Å². The molecule has 0 radical (unpaired) electrons. The van der Waals surface area contributed by atoms with Crippen LogP contribution in [0.4, 0.5) is 5.69 Å². The summed E-state index contributed by atoms with van der Waals surface area (Å²) < 4.78 is 0. The Hall–Kier alpha value is -2.58. The Balaban J connectivity index is 1.87. The minimum Gasteiger partial charge on any atom is -0.399 e. The van der Waals surface area contributed by atoms with Crippen molar-refractivity contribution in [1.82, 2.24) is 0 Å². The standard InChI is InChI=1S/C19H17NO/c20-18-8-4-7-17(13-18)19(21)16-11-9-15(10-12-16)14-5-2-1-3-6-14/h1-13,19,21H,20H2/t19-/m0/s1. The van der Waals surface area contributed by atoms with E-state index in [9.17, 15) is 5.11 Å². The van der Waals surface area contributed by atoms with Crippen molar-refractivity contribution in [3.63, 3.8) is 0 Å². The zero-order valence-electron chi connectivity index (χ0n) is 11.6. The maximum atomic E-state index is 10.4. The van der Waals surface area contributed by atoms with Gasteiger partial charge < -0.3 is 10.8 Å². The van der Waals surface area contributed by atoms with Crippen LogP contribution in [0, 0.1) is 0 Å². The van der Waals surface area contributed by atoms with Crippen molar-refractivity contribution in [2.24, 2.45) is 0 Å². The molecule has 2 nitrogen and oxygen atoms in total. The van der Waals surface area contributed by atoms with Crippen LogP contribution in [-0.2, 0) is 0 Å². The van der Waals surface area contributed by atoms with Crippen molar-refractivity contribution in [3.8, 4) is 11.1 Å². The molecule has 0 saturated heterocycles. The molecule has 0 bridgehead atoms. The van der Waals surface area contributed by atoms with Gasteiger partial charge in [-0.2, -0.15) is 0 Å². The van der Waals surface area contributed by atoms with Crippen LogP contribution in [-0.4, -0.2) is 5.11 Å². The summed E-state index contributed by atoms with van der Waals surface area (Å²) in [6.07, 6.45) is -0.654. The summed E-state index contributed by atoms with van der Waals surface area (Å²) in [6.45, 7) is 0. The SMILES string of the molecule is Nc1cccc([C@@H](O)c2ccc(-c3ccccc3)cc2)c1. The molecule has 3 aromatic carbocycles. The van der Waals surface area contributed by atoms with Crippen LogP contribution >= 0.6 is 0 Å². The summed E-state index contributed by atoms with van der Waals surface area (Å²) in [7, 11) is 0. The Bertz CT molecular complexity index is 720. The number of nitrogen functional groups attached to an aromatic ring is 1. The van der Waals surface area contributed by atoms with Gasteiger partial charge in [0.1, 0.15) is 6.10 Å². The summed E-state index contributed by atoms with van der Waals surface area (Å²) in [6, 6.07) is 25.5. The average Bonchev–Trinajstić information content (AvgIpc) is 2.55. The molecule has 0 amide bonds. The predicted molar refractivity (Wildman–Crippen MR) is 86.8 cm³/mol. The molecule has 0 fully saturated rings. The molecule has 1 atom stereocenters. The quantitative estimate of drug-likeness (QED) is 0.709. The van der Waals surface area contributed by atoms with Gasteiger partial charge in [0.05, 0.1) is 0 Å². The number of nitrogens with two attached hydrogens (primary N) is 1. The Morgan fingerprint density at radius 2 is 1.33 bits per heavy atom. The van der Waals surface area contributed by atoms with Gasteiger partial charge in [-0.1, -0.05) is 66.7 Å². The van der Waals surface area contributed by atoms with Gasteiger partial charge in [-0.3, -0.25) is 0 Å². The fourth-order valence-corrected chi connectivity index (χ4v) is 2.41. The lowest BCUT2D eigenvalue weighted by Crippen LogP contribution is -2.00. The first-order valence-corrected chi connectivity index (χ1v) is 6.93. The van der Waals surface area contributed by atoms with E-state index in [0.29, 0.717) is 5.69 Å². The van der Waals surface area contributed by atoms with E-state index in [1.54, 1.807) is 6.07 Å². The summed E-state index contributed by atoms with van der Waals surface area (Å²) >= 11 is 0. The van der Waals surface area contributed by atoms with Crippen LogP contribution in [0.5, 0.6) is 0 Å². The van der Waals surface area contributed by atoms with Gasteiger partial charge in [0.25, 0.3) is 0 Å². The topological polar surface area (TPSA) is 46.2 Å². The number of anilines is 1. The van der Waals surface area contributed by atoms with Crippen LogP contribution in [0.15, 0.2) is 78.9 Å². The zero-order chi connectivity index (χ0) is 14.7. The number of rotatable bonds is 3. The molecule has 0 unspecified atom stereocenters. The largest absolute Gasteiger partial charge is 0.399 e. The smallest absolute Gasteiger partial charge is 0.104 e. The van der Waals surface area contributed by atoms with E-state index >= 15 is 0 Å². The second-order valence-electron chi connectivity index (χ2n) is 5.06. The number of aliphatic hydroxyl groups is 1. The van der Waals surface area contributed by atoms with E-state index in [0.717, 1.165) is 16.7 Å². The van der Waals surface area contributed by atoms with E-state index in [4.69, 9.17) is 5.73 Å². The van der Waals surface area contributed by atoms with Crippen LogP contribution in [0.2, 0.25) is 0 Å². The third-order valence-electron chi connectivity index (χ3n) is 3.56. The highest BCUT2D eigenvalue weighted by Crippen LogP contribution is 2.26. The van der Waals surface area contributed by atoms with Gasteiger partial charge in [0, 0.05) is 5.69 Å². The molecular formula is C19H17NO. The number of benzene rings is 3. The highest BCUT2D eigenvalue weighted by molar-refractivity contribution is 5.63. The maximum Gasteiger partial charge on any atom is 0.104 e. The van der Waals surface area contributed by atoms with Gasteiger partial charge in [0.15, 0.2) is 0 Å². The lowest BCUT2D eigenvalue weighted by atomic mass is 9.98. The maximum absolute atomic E-state index is 10.4. The first-order valence-electron chi connectivity index (χ1n) is 6.93. The zero-order valence-corrected chi connectivity index (χ0v) is 11.6. The minimum atomic E-state index is -0.654. The molecular weight excluding hydrogens is 258 g/mol. The van der Waals surface area contributed by atoms with Gasteiger partial charge in [-0.25, -0.2) is 0 Å². The fourth-order valence-electron chi connectivity index (χ4n) is 2.41. The third-order valence-corrected chi connectivity index (χ3v) is 3.56. The molecule has 0 aliphatic carbocycles. The van der Waals surface area contributed by atoms with E-state index in [1.165, 1.54) is 5.56 Å². The molecule has 104 valence electrons.